The van der Waals surface area contributed by atoms with Gasteiger partial charge in [0.25, 0.3) is 0 Å². The zero-order valence-corrected chi connectivity index (χ0v) is 12.3. The number of nitrogens with one attached hydrogen (secondary N) is 1. The van der Waals surface area contributed by atoms with E-state index in [1.165, 1.54) is 11.3 Å². The van der Waals surface area contributed by atoms with Gasteiger partial charge in [-0.1, -0.05) is 15.9 Å². The average Bonchev–Trinajstić information content (AvgIpc) is 2.54. The first-order chi connectivity index (χ1) is 8.01. The molecule has 0 saturated carbocycles. The number of rotatable bonds is 4. The van der Waals surface area contributed by atoms with E-state index in [1.807, 2.05) is 13.8 Å². The van der Waals surface area contributed by atoms with Gasteiger partial charge in [-0.3, -0.25) is 4.79 Å². The number of carbonyl (C=O) groups is 2. The first-order valence-corrected chi connectivity index (χ1v) is 7.08. The molecule has 0 fully saturated rings. The first-order valence-electron chi connectivity index (χ1n) is 5.14. The number of anilines is 1. The molecule has 94 valence electrons. The Kier molecular flexibility index (Phi) is 5.14. The van der Waals surface area contributed by atoms with Crippen molar-refractivity contribution < 1.29 is 14.3 Å². The highest BCUT2D eigenvalue weighted by atomic mass is 79.9. The lowest BCUT2D eigenvalue weighted by molar-refractivity contribution is -0.113. The van der Waals surface area contributed by atoms with E-state index in [0.717, 1.165) is 10.4 Å². The fourth-order valence-corrected chi connectivity index (χ4v) is 2.53. The van der Waals surface area contributed by atoms with Crippen LogP contribution in [0.3, 0.4) is 0 Å². The second-order valence-corrected chi connectivity index (χ2v) is 5.18. The molecule has 1 rings (SSSR count). The van der Waals surface area contributed by atoms with Crippen molar-refractivity contribution in [2.45, 2.75) is 20.8 Å². The molecule has 0 atom stereocenters. The summed E-state index contributed by atoms with van der Waals surface area (Å²) < 4.78 is 4.98. The highest BCUT2D eigenvalue weighted by Crippen LogP contribution is 2.32. The highest BCUT2D eigenvalue weighted by Gasteiger charge is 2.21. The van der Waals surface area contributed by atoms with Crippen LogP contribution in [0.1, 0.15) is 27.7 Å². The summed E-state index contributed by atoms with van der Waals surface area (Å²) in [6.45, 7) is 5.83. The number of hydrogen-bond acceptors (Lipinski definition) is 4. The topological polar surface area (TPSA) is 55.4 Å². The maximum Gasteiger partial charge on any atom is 0.341 e. The normalized spacial score (nSPS) is 10.1. The molecule has 0 aliphatic heterocycles. The smallest absolute Gasteiger partial charge is 0.341 e. The summed E-state index contributed by atoms with van der Waals surface area (Å²) in [7, 11) is 0. The Morgan fingerprint density at radius 2 is 2.06 bits per heavy atom. The van der Waals surface area contributed by atoms with Gasteiger partial charge in [-0.2, -0.15) is 0 Å². The van der Waals surface area contributed by atoms with Gasteiger partial charge < -0.3 is 10.1 Å². The summed E-state index contributed by atoms with van der Waals surface area (Å²) in [6.07, 6.45) is 0. The van der Waals surface area contributed by atoms with Gasteiger partial charge in [0.05, 0.1) is 17.5 Å². The molecule has 0 spiro atoms. The molecule has 1 heterocycles. The van der Waals surface area contributed by atoms with Crippen LogP contribution in [0.4, 0.5) is 5.00 Å². The van der Waals surface area contributed by atoms with Crippen LogP contribution in [0.25, 0.3) is 0 Å². The second kappa shape index (κ2) is 6.16. The number of amides is 1. The minimum Gasteiger partial charge on any atom is -0.462 e. The number of esters is 1. The van der Waals surface area contributed by atoms with Crippen LogP contribution in [0, 0.1) is 13.8 Å². The van der Waals surface area contributed by atoms with Crippen LogP contribution in [0.5, 0.6) is 0 Å². The second-order valence-electron chi connectivity index (χ2n) is 3.39. The quantitative estimate of drug-likeness (QED) is 0.685. The van der Waals surface area contributed by atoms with Crippen LogP contribution in [0.2, 0.25) is 0 Å². The SMILES string of the molecule is CCOC(=O)c1c(NC(=O)CBr)sc(C)c1C. The molecule has 1 amide bonds. The molecule has 4 nitrogen and oxygen atoms in total. The number of halogens is 1. The van der Waals surface area contributed by atoms with Crippen molar-refractivity contribution in [3.63, 3.8) is 0 Å². The Hall–Kier alpha value is -0.880. The monoisotopic (exact) mass is 319 g/mol. The van der Waals surface area contributed by atoms with E-state index in [4.69, 9.17) is 4.74 Å². The van der Waals surface area contributed by atoms with Crippen molar-refractivity contribution in [3.8, 4) is 0 Å². The van der Waals surface area contributed by atoms with Gasteiger partial charge in [-0.15, -0.1) is 11.3 Å². The van der Waals surface area contributed by atoms with Gasteiger partial charge in [0.2, 0.25) is 5.91 Å². The van der Waals surface area contributed by atoms with Crippen molar-refractivity contribution in [3.05, 3.63) is 16.0 Å². The molecule has 6 heteroatoms. The van der Waals surface area contributed by atoms with Crippen molar-refractivity contribution in [2.24, 2.45) is 0 Å². The van der Waals surface area contributed by atoms with E-state index >= 15 is 0 Å². The van der Waals surface area contributed by atoms with E-state index in [0.29, 0.717) is 17.2 Å². The van der Waals surface area contributed by atoms with Gasteiger partial charge in [0, 0.05) is 4.88 Å². The molecule has 0 unspecified atom stereocenters. The number of aryl methyl sites for hydroxylation is 1. The Balaban J connectivity index is 3.08. The molecular formula is C11H14BrNO3S. The van der Waals surface area contributed by atoms with Gasteiger partial charge in [-0.05, 0) is 26.3 Å². The lowest BCUT2D eigenvalue weighted by Gasteiger charge is -2.05. The summed E-state index contributed by atoms with van der Waals surface area (Å²) in [4.78, 5) is 24.1. The number of thiophene rings is 1. The summed E-state index contributed by atoms with van der Waals surface area (Å²) in [5, 5.41) is 3.45. The zero-order chi connectivity index (χ0) is 13.0. The molecule has 0 aromatic carbocycles. The van der Waals surface area contributed by atoms with E-state index in [2.05, 4.69) is 21.2 Å². The highest BCUT2D eigenvalue weighted by molar-refractivity contribution is 9.09. The molecule has 0 aliphatic carbocycles. The third-order valence-corrected chi connectivity index (χ3v) is 3.87. The fraction of sp³-hybridized carbons (Fsp3) is 0.455. The van der Waals surface area contributed by atoms with Crippen LogP contribution in [-0.4, -0.2) is 23.8 Å². The van der Waals surface area contributed by atoms with Gasteiger partial charge in [0.15, 0.2) is 0 Å². The number of carbonyl (C=O) groups excluding carboxylic acids is 2. The summed E-state index contributed by atoms with van der Waals surface area (Å²) in [5.41, 5.74) is 1.32. The van der Waals surface area contributed by atoms with Crippen molar-refractivity contribution >= 4 is 44.1 Å². The maximum atomic E-state index is 11.8. The standard InChI is InChI=1S/C11H14BrNO3S/c1-4-16-11(15)9-6(2)7(3)17-10(9)13-8(14)5-12/h4-5H2,1-3H3,(H,13,14). The van der Waals surface area contributed by atoms with E-state index in [1.54, 1.807) is 6.92 Å². The van der Waals surface area contributed by atoms with Crippen LogP contribution in [-0.2, 0) is 9.53 Å². The molecule has 0 saturated heterocycles. The number of alkyl halides is 1. The molecule has 1 aromatic rings. The van der Waals surface area contributed by atoms with E-state index in [-0.39, 0.29) is 17.2 Å². The van der Waals surface area contributed by atoms with Crippen molar-refractivity contribution in [2.75, 3.05) is 17.3 Å². The average molecular weight is 320 g/mol. The summed E-state index contributed by atoms with van der Waals surface area (Å²) in [5.74, 6) is -0.573. The molecule has 17 heavy (non-hydrogen) atoms. The minimum absolute atomic E-state index is 0.184. The Morgan fingerprint density at radius 1 is 1.41 bits per heavy atom. The first kappa shape index (κ1) is 14.2. The largest absolute Gasteiger partial charge is 0.462 e. The Labute approximate surface area is 112 Å². The van der Waals surface area contributed by atoms with Gasteiger partial charge in [-0.25, -0.2) is 4.79 Å². The minimum atomic E-state index is -0.390. The number of ether oxygens (including phenoxy) is 1. The lowest BCUT2D eigenvalue weighted by atomic mass is 10.1. The van der Waals surface area contributed by atoms with E-state index < -0.39 is 0 Å². The molecule has 0 aliphatic rings. The van der Waals surface area contributed by atoms with Gasteiger partial charge >= 0.3 is 5.97 Å². The third kappa shape index (κ3) is 3.29. The molecule has 1 aromatic heterocycles. The number of hydrogen-bond donors (Lipinski definition) is 1. The molecule has 1 N–H and O–H groups in total. The van der Waals surface area contributed by atoms with Crippen LogP contribution in [0.15, 0.2) is 0 Å². The Morgan fingerprint density at radius 3 is 2.59 bits per heavy atom. The lowest BCUT2D eigenvalue weighted by Crippen LogP contribution is -2.15. The fourth-order valence-electron chi connectivity index (χ4n) is 1.32. The predicted molar refractivity (Wildman–Crippen MR) is 72.2 cm³/mol. The van der Waals surface area contributed by atoms with Crippen LogP contribution >= 0.6 is 27.3 Å². The Bertz CT molecular complexity index is 442. The third-order valence-electron chi connectivity index (χ3n) is 2.24. The maximum absolute atomic E-state index is 11.8. The van der Waals surface area contributed by atoms with E-state index in [9.17, 15) is 9.59 Å². The molecule has 0 radical (unpaired) electrons. The molecule has 0 bridgehead atoms. The predicted octanol–water partition coefficient (Wildman–Crippen LogP) is 2.88. The van der Waals surface area contributed by atoms with Gasteiger partial charge in [0.1, 0.15) is 5.00 Å². The summed E-state index contributed by atoms with van der Waals surface area (Å²) in [6, 6.07) is 0. The zero-order valence-electron chi connectivity index (χ0n) is 9.93. The molecular weight excluding hydrogens is 306 g/mol. The summed E-state index contributed by atoms with van der Waals surface area (Å²) >= 11 is 4.45. The van der Waals surface area contributed by atoms with Crippen molar-refractivity contribution in [1.29, 1.82) is 0 Å². The van der Waals surface area contributed by atoms with Crippen LogP contribution < -0.4 is 5.32 Å². The van der Waals surface area contributed by atoms with Crippen molar-refractivity contribution in [1.82, 2.24) is 0 Å².